The minimum Gasteiger partial charge on any atom is -0.744 e. The molecule has 2 aromatic rings. The van der Waals surface area contributed by atoms with Gasteiger partial charge in [0.05, 0.1) is 4.90 Å². The van der Waals surface area contributed by atoms with Gasteiger partial charge in [-0.05, 0) is 30.2 Å². The number of benzene rings is 2. The molecule has 84 valence electrons. The first-order chi connectivity index (χ1) is 7.39. The van der Waals surface area contributed by atoms with Crippen molar-refractivity contribution in [2.75, 3.05) is 0 Å². The van der Waals surface area contributed by atoms with Gasteiger partial charge >= 0.3 is 51.4 Å². The van der Waals surface area contributed by atoms with Crippen LogP contribution in [-0.2, 0) is 10.1 Å². The van der Waals surface area contributed by atoms with Crippen LogP contribution in [0.5, 0.6) is 0 Å². The molecule has 0 aromatic heterocycles. The van der Waals surface area contributed by atoms with E-state index in [0.29, 0.717) is 10.9 Å². The molecule has 0 heterocycles. The van der Waals surface area contributed by atoms with E-state index in [-0.39, 0.29) is 56.3 Å². The first kappa shape index (κ1) is 15.3. The monoisotopic (exact) mass is 274 g/mol. The molecule has 0 saturated carbocycles. The summed E-state index contributed by atoms with van der Waals surface area (Å²) in [4.78, 5) is -0.103. The fourth-order valence-electron chi connectivity index (χ4n) is 1.85. The third-order valence-electron chi connectivity index (χ3n) is 2.57. The van der Waals surface area contributed by atoms with Crippen molar-refractivity contribution in [1.29, 1.82) is 0 Å². The maximum Gasteiger partial charge on any atom is 1.00 e. The fourth-order valence-corrected chi connectivity index (χ4v) is 2.76. The first-order valence-electron chi connectivity index (χ1n) is 4.85. The SMILES string of the molecule is Cc1ccc2ccc(C)c(S(=O)(=O)[O-])c2c1.[K+]. The Morgan fingerprint density at radius 1 is 1.06 bits per heavy atom. The molecule has 0 spiro atoms. The van der Waals surface area contributed by atoms with E-state index in [1.165, 1.54) is 0 Å². The van der Waals surface area contributed by atoms with Crippen LogP contribution in [0.4, 0.5) is 0 Å². The minimum absolute atomic E-state index is 0. The first-order valence-corrected chi connectivity index (χ1v) is 6.26. The van der Waals surface area contributed by atoms with E-state index in [1.54, 1.807) is 19.1 Å². The van der Waals surface area contributed by atoms with Crippen LogP contribution in [0.15, 0.2) is 35.2 Å². The Morgan fingerprint density at radius 3 is 2.24 bits per heavy atom. The van der Waals surface area contributed by atoms with Crippen molar-refractivity contribution in [1.82, 2.24) is 0 Å². The van der Waals surface area contributed by atoms with Crippen LogP contribution in [0.2, 0.25) is 0 Å². The van der Waals surface area contributed by atoms with E-state index in [4.69, 9.17) is 0 Å². The predicted octanol–water partition coefficient (Wildman–Crippen LogP) is -0.635. The Bertz CT molecular complexity index is 658. The Labute approximate surface area is 143 Å². The van der Waals surface area contributed by atoms with E-state index < -0.39 is 10.1 Å². The Morgan fingerprint density at radius 2 is 1.65 bits per heavy atom. The van der Waals surface area contributed by atoms with Crippen LogP contribution >= 0.6 is 0 Å². The molecule has 0 saturated heterocycles. The topological polar surface area (TPSA) is 57.2 Å². The molecular weight excluding hydrogens is 263 g/mol. The molecule has 0 fully saturated rings. The molecule has 0 atom stereocenters. The third-order valence-corrected chi connectivity index (χ3v) is 3.62. The molecule has 0 amide bonds. The molecule has 3 nitrogen and oxygen atoms in total. The van der Waals surface area contributed by atoms with Crippen molar-refractivity contribution in [2.24, 2.45) is 0 Å². The Balaban J connectivity index is 0.00000144. The quantitative estimate of drug-likeness (QED) is 0.514. The van der Waals surface area contributed by atoms with Crippen molar-refractivity contribution in [3.8, 4) is 0 Å². The van der Waals surface area contributed by atoms with Gasteiger partial charge in [-0.3, -0.25) is 0 Å². The van der Waals surface area contributed by atoms with Crippen molar-refractivity contribution >= 4 is 20.9 Å². The summed E-state index contributed by atoms with van der Waals surface area (Å²) in [6, 6.07) is 8.91. The molecule has 0 radical (unpaired) electrons. The minimum atomic E-state index is -4.43. The summed E-state index contributed by atoms with van der Waals surface area (Å²) in [5.41, 5.74) is 1.43. The zero-order valence-corrected chi connectivity index (χ0v) is 14.0. The zero-order valence-electron chi connectivity index (χ0n) is 10.0. The van der Waals surface area contributed by atoms with Crippen LogP contribution in [0, 0.1) is 13.8 Å². The molecule has 0 aliphatic rings. The summed E-state index contributed by atoms with van der Waals surface area (Å²) in [6.07, 6.45) is 0. The van der Waals surface area contributed by atoms with Crippen molar-refractivity contribution < 1.29 is 64.4 Å². The smallest absolute Gasteiger partial charge is 0.744 e. The molecule has 0 N–H and O–H groups in total. The van der Waals surface area contributed by atoms with Crippen LogP contribution in [0.25, 0.3) is 10.8 Å². The summed E-state index contributed by atoms with van der Waals surface area (Å²) in [5.74, 6) is 0. The second-order valence-corrected chi connectivity index (χ2v) is 5.21. The number of aryl methyl sites for hydroxylation is 2. The number of rotatable bonds is 1. The fraction of sp³-hybridized carbons (Fsp3) is 0.167. The van der Waals surface area contributed by atoms with Gasteiger partial charge < -0.3 is 4.55 Å². The van der Waals surface area contributed by atoms with Crippen molar-refractivity contribution in [3.05, 3.63) is 41.5 Å². The van der Waals surface area contributed by atoms with Crippen LogP contribution < -0.4 is 51.4 Å². The van der Waals surface area contributed by atoms with Gasteiger partial charge in [0.1, 0.15) is 10.1 Å². The summed E-state index contributed by atoms with van der Waals surface area (Å²) < 4.78 is 33.7. The molecule has 0 bridgehead atoms. The van der Waals surface area contributed by atoms with Crippen LogP contribution in [0.1, 0.15) is 11.1 Å². The number of hydrogen-bond acceptors (Lipinski definition) is 3. The Hall–Kier alpha value is 0.246. The second kappa shape index (κ2) is 5.48. The average molecular weight is 274 g/mol. The standard InChI is InChI=1S/C12H12O3S.K/c1-8-3-5-10-6-4-9(2)12(11(10)7-8)16(13,14)15;/h3-7H,1-2H3,(H,13,14,15);/q;+1/p-1. The molecule has 5 heteroatoms. The third kappa shape index (κ3) is 3.17. The van der Waals surface area contributed by atoms with E-state index >= 15 is 0 Å². The van der Waals surface area contributed by atoms with Crippen LogP contribution in [0.3, 0.4) is 0 Å². The average Bonchev–Trinajstić information content (AvgIpc) is 2.14. The van der Waals surface area contributed by atoms with E-state index in [1.807, 2.05) is 25.1 Å². The molecule has 0 aliphatic carbocycles. The Kier molecular flexibility index (Phi) is 4.94. The second-order valence-electron chi connectivity index (χ2n) is 3.89. The van der Waals surface area contributed by atoms with E-state index in [9.17, 15) is 13.0 Å². The summed E-state index contributed by atoms with van der Waals surface area (Å²) >= 11 is 0. The van der Waals surface area contributed by atoms with Gasteiger partial charge in [0.25, 0.3) is 0 Å². The van der Waals surface area contributed by atoms with Gasteiger partial charge in [-0.25, -0.2) is 8.42 Å². The van der Waals surface area contributed by atoms with Gasteiger partial charge in [-0.1, -0.05) is 35.9 Å². The van der Waals surface area contributed by atoms with Crippen molar-refractivity contribution in [2.45, 2.75) is 18.7 Å². The van der Waals surface area contributed by atoms with Gasteiger partial charge in [0, 0.05) is 0 Å². The van der Waals surface area contributed by atoms with Crippen LogP contribution in [-0.4, -0.2) is 13.0 Å². The van der Waals surface area contributed by atoms with E-state index in [0.717, 1.165) is 10.9 Å². The molecule has 0 unspecified atom stereocenters. The summed E-state index contributed by atoms with van der Waals surface area (Å²) in [5, 5.41) is 1.28. The van der Waals surface area contributed by atoms with Gasteiger partial charge in [0.2, 0.25) is 0 Å². The van der Waals surface area contributed by atoms with Crippen molar-refractivity contribution in [3.63, 3.8) is 0 Å². The van der Waals surface area contributed by atoms with Gasteiger partial charge in [0.15, 0.2) is 0 Å². The molecule has 2 rings (SSSR count). The maximum atomic E-state index is 11.2. The normalized spacial score (nSPS) is 11.2. The summed E-state index contributed by atoms with van der Waals surface area (Å²) in [6.45, 7) is 3.50. The number of fused-ring (bicyclic) bond motifs is 1. The van der Waals surface area contributed by atoms with E-state index in [2.05, 4.69) is 0 Å². The number of hydrogen-bond donors (Lipinski definition) is 0. The largest absolute Gasteiger partial charge is 1.00 e. The molecule has 17 heavy (non-hydrogen) atoms. The summed E-state index contributed by atoms with van der Waals surface area (Å²) in [7, 11) is -4.43. The van der Waals surface area contributed by atoms with Gasteiger partial charge in [-0.15, -0.1) is 0 Å². The molecule has 2 aromatic carbocycles. The predicted molar refractivity (Wildman–Crippen MR) is 61.4 cm³/mol. The molecule has 0 aliphatic heterocycles. The zero-order chi connectivity index (χ0) is 11.9. The van der Waals surface area contributed by atoms with Gasteiger partial charge in [-0.2, -0.15) is 0 Å². The molecular formula is C12H11KO3S. The maximum absolute atomic E-state index is 11.2.